The number of esters is 3. The molecule has 2 fully saturated rings. The average Bonchev–Trinajstić information content (AvgIpc) is 2.60. The van der Waals surface area contributed by atoms with Crippen LogP contribution in [0.3, 0.4) is 0 Å². The average molecular weight is 250 g/mol. The third-order valence-electron chi connectivity index (χ3n) is 4.32. The van der Waals surface area contributed by atoms with Crippen LogP contribution in [0.1, 0.15) is 26.7 Å². The van der Waals surface area contributed by atoms with Gasteiger partial charge in [0, 0.05) is 12.8 Å². The Morgan fingerprint density at radius 3 is 2.33 bits per heavy atom. The summed E-state index contributed by atoms with van der Waals surface area (Å²) in [6.45, 7) is 3.22. The van der Waals surface area contributed by atoms with Crippen LogP contribution in [-0.4, -0.2) is 17.9 Å². The summed E-state index contributed by atoms with van der Waals surface area (Å²) in [5.41, 5.74) is 0.925. The number of hydrogen-bond acceptors (Lipinski definition) is 5. The van der Waals surface area contributed by atoms with Gasteiger partial charge < -0.3 is 9.47 Å². The molecule has 1 aliphatic heterocycles. The SMILES string of the molecule is CC(=O)OC1=C(C)C2CCC1C1C(=O)OC(=O)C21. The van der Waals surface area contributed by atoms with Gasteiger partial charge in [0.2, 0.25) is 0 Å². The number of rotatable bonds is 1. The Morgan fingerprint density at radius 2 is 1.72 bits per heavy atom. The highest BCUT2D eigenvalue weighted by Gasteiger charge is 2.59. The largest absolute Gasteiger partial charge is 0.431 e. The first-order valence-electron chi connectivity index (χ1n) is 6.15. The maximum atomic E-state index is 11.7. The van der Waals surface area contributed by atoms with E-state index in [1.165, 1.54) is 6.92 Å². The molecule has 18 heavy (non-hydrogen) atoms. The molecule has 4 unspecified atom stereocenters. The molecule has 96 valence electrons. The molecule has 0 spiro atoms. The number of cyclic esters (lactones) is 2. The maximum Gasteiger partial charge on any atom is 0.318 e. The molecule has 1 heterocycles. The van der Waals surface area contributed by atoms with E-state index in [1.807, 2.05) is 6.92 Å². The molecule has 5 nitrogen and oxygen atoms in total. The van der Waals surface area contributed by atoms with Crippen molar-refractivity contribution >= 4 is 17.9 Å². The molecule has 2 bridgehead atoms. The molecule has 4 atom stereocenters. The highest BCUT2D eigenvalue weighted by atomic mass is 16.6. The van der Waals surface area contributed by atoms with Crippen LogP contribution in [0.5, 0.6) is 0 Å². The minimum atomic E-state index is -0.461. The van der Waals surface area contributed by atoms with E-state index in [-0.39, 0.29) is 23.7 Å². The Labute approximate surface area is 104 Å². The third-order valence-corrected chi connectivity index (χ3v) is 4.32. The molecule has 4 aliphatic rings. The van der Waals surface area contributed by atoms with Crippen molar-refractivity contribution in [3.8, 4) is 0 Å². The van der Waals surface area contributed by atoms with Crippen molar-refractivity contribution in [3.05, 3.63) is 11.3 Å². The zero-order chi connectivity index (χ0) is 13.0. The molecule has 0 aromatic rings. The van der Waals surface area contributed by atoms with Crippen LogP contribution in [0.25, 0.3) is 0 Å². The molecule has 0 radical (unpaired) electrons. The summed E-state index contributed by atoms with van der Waals surface area (Å²) in [6.07, 6.45) is 1.62. The number of allylic oxidation sites excluding steroid dienone is 2. The molecule has 1 saturated heterocycles. The second kappa shape index (κ2) is 3.67. The molecular formula is C13H14O5. The molecule has 0 aromatic heterocycles. The number of hydrogen-bond donors (Lipinski definition) is 0. The maximum absolute atomic E-state index is 11.7. The normalized spacial score (nSPS) is 37.7. The van der Waals surface area contributed by atoms with E-state index in [0.717, 1.165) is 18.4 Å². The molecule has 3 aliphatic carbocycles. The summed E-state index contributed by atoms with van der Waals surface area (Å²) in [5, 5.41) is 0. The van der Waals surface area contributed by atoms with Crippen LogP contribution in [0.4, 0.5) is 0 Å². The zero-order valence-corrected chi connectivity index (χ0v) is 10.3. The Balaban J connectivity index is 2.04. The summed E-state index contributed by atoms with van der Waals surface area (Å²) < 4.78 is 10.00. The van der Waals surface area contributed by atoms with E-state index in [2.05, 4.69) is 0 Å². The fraction of sp³-hybridized carbons (Fsp3) is 0.615. The van der Waals surface area contributed by atoms with E-state index in [1.54, 1.807) is 0 Å². The molecule has 0 aromatic carbocycles. The van der Waals surface area contributed by atoms with Crippen LogP contribution in [0.15, 0.2) is 11.3 Å². The van der Waals surface area contributed by atoms with Gasteiger partial charge in [-0.2, -0.15) is 0 Å². The first kappa shape index (κ1) is 11.4. The molecule has 5 heteroatoms. The van der Waals surface area contributed by atoms with Gasteiger partial charge in [-0.15, -0.1) is 0 Å². The fourth-order valence-corrected chi connectivity index (χ4v) is 3.64. The van der Waals surface area contributed by atoms with Crippen molar-refractivity contribution in [3.63, 3.8) is 0 Å². The third kappa shape index (κ3) is 1.36. The first-order valence-corrected chi connectivity index (χ1v) is 6.15. The van der Waals surface area contributed by atoms with E-state index in [9.17, 15) is 14.4 Å². The van der Waals surface area contributed by atoms with Gasteiger partial charge in [-0.25, -0.2) is 0 Å². The van der Waals surface area contributed by atoms with Gasteiger partial charge in [0.1, 0.15) is 5.76 Å². The van der Waals surface area contributed by atoms with Gasteiger partial charge in [-0.3, -0.25) is 14.4 Å². The van der Waals surface area contributed by atoms with Crippen molar-refractivity contribution in [2.75, 3.05) is 0 Å². The molecule has 0 N–H and O–H groups in total. The number of ether oxygens (including phenoxy) is 2. The van der Waals surface area contributed by atoms with Crippen LogP contribution in [0, 0.1) is 23.7 Å². The minimum absolute atomic E-state index is 0.0201. The highest BCUT2D eigenvalue weighted by molar-refractivity contribution is 5.97. The fourth-order valence-electron chi connectivity index (χ4n) is 3.64. The lowest BCUT2D eigenvalue weighted by molar-refractivity contribution is -0.154. The number of fused-ring (bicyclic) bond motifs is 1. The predicted molar refractivity (Wildman–Crippen MR) is 58.8 cm³/mol. The number of carbonyl (C=O) groups is 3. The monoisotopic (exact) mass is 250 g/mol. The Bertz CT molecular complexity index is 490. The zero-order valence-electron chi connectivity index (χ0n) is 10.3. The standard InChI is InChI=1S/C13H14O5/c1-5-7-3-4-8(11(5)17-6(2)14)10-9(7)12(15)18-13(10)16/h7-10H,3-4H2,1-2H3. The lowest BCUT2D eigenvalue weighted by Crippen LogP contribution is -2.43. The van der Waals surface area contributed by atoms with Gasteiger partial charge in [0.15, 0.2) is 0 Å². The Kier molecular flexibility index (Phi) is 2.33. The van der Waals surface area contributed by atoms with Crippen LogP contribution >= 0.6 is 0 Å². The van der Waals surface area contributed by atoms with Gasteiger partial charge >= 0.3 is 17.9 Å². The van der Waals surface area contributed by atoms with Crippen molar-refractivity contribution in [2.45, 2.75) is 26.7 Å². The Morgan fingerprint density at radius 1 is 1.17 bits per heavy atom. The number of carbonyl (C=O) groups excluding carboxylic acids is 3. The Hall–Kier alpha value is -1.65. The predicted octanol–water partition coefficient (Wildman–Crippen LogP) is 1.18. The molecular weight excluding hydrogens is 236 g/mol. The summed E-state index contributed by atoms with van der Waals surface area (Å²) in [4.78, 5) is 34.6. The highest BCUT2D eigenvalue weighted by Crippen LogP contribution is 2.54. The van der Waals surface area contributed by atoms with Gasteiger partial charge in [-0.1, -0.05) is 0 Å². The molecule has 0 amide bonds. The smallest absolute Gasteiger partial charge is 0.318 e. The summed E-state index contributed by atoms with van der Waals surface area (Å²) in [6, 6.07) is 0. The first-order chi connectivity index (χ1) is 8.50. The molecule has 4 rings (SSSR count). The van der Waals surface area contributed by atoms with Crippen LogP contribution < -0.4 is 0 Å². The lowest BCUT2D eigenvalue weighted by Gasteiger charge is -2.43. The van der Waals surface area contributed by atoms with Gasteiger partial charge in [0.05, 0.1) is 11.8 Å². The van der Waals surface area contributed by atoms with Crippen molar-refractivity contribution in [2.24, 2.45) is 23.7 Å². The van der Waals surface area contributed by atoms with Crippen molar-refractivity contribution < 1.29 is 23.9 Å². The van der Waals surface area contributed by atoms with E-state index >= 15 is 0 Å². The second-order valence-corrected chi connectivity index (χ2v) is 5.22. The second-order valence-electron chi connectivity index (χ2n) is 5.22. The van der Waals surface area contributed by atoms with Crippen molar-refractivity contribution in [1.29, 1.82) is 0 Å². The van der Waals surface area contributed by atoms with E-state index in [4.69, 9.17) is 9.47 Å². The quantitative estimate of drug-likeness (QED) is 0.516. The van der Waals surface area contributed by atoms with E-state index < -0.39 is 17.9 Å². The summed E-state index contributed by atoms with van der Waals surface area (Å²) in [5.74, 6) is -1.68. The van der Waals surface area contributed by atoms with Crippen molar-refractivity contribution in [1.82, 2.24) is 0 Å². The summed E-state index contributed by atoms with van der Waals surface area (Å²) in [7, 11) is 0. The van der Waals surface area contributed by atoms with Gasteiger partial charge in [-0.05, 0) is 31.3 Å². The minimum Gasteiger partial charge on any atom is -0.431 e. The van der Waals surface area contributed by atoms with Crippen LogP contribution in [-0.2, 0) is 23.9 Å². The molecule has 1 saturated carbocycles. The lowest BCUT2D eigenvalue weighted by atomic mass is 9.59. The topological polar surface area (TPSA) is 69.7 Å². The summed E-state index contributed by atoms with van der Waals surface area (Å²) >= 11 is 0. The van der Waals surface area contributed by atoms with Crippen LogP contribution in [0.2, 0.25) is 0 Å². The van der Waals surface area contributed by atoms with E-state index in [0.29, 0.717) is 5.76 Å². The van der Waals surface area contributed by atoms with Gasteiger partial charge in [0.25, 0.3) is 0 Å².